The van der Waals surface area contributed by atoms with Gasteiger partial charge in [0.25, 0.3) is 0 Å². The second-order valence-electron chi connectivity index (χ2n) is 7.68. The summed E-state index contributed by atoms with van der Waals surface area (Å²) in [5, 5.41) is 3.90. The van der Waals surface area contributed by atoms with Crippen LogP contribution in [-0.4, -0.2) is 30.3 Å². The summed E-state index contributed by atoms with van der Waals surface area (Å²) in [5.74, 6) is 2.69. The quantitative estimate of drug-likeness (QED) is 0.549. The average molecular weight is 428 g/mol. The van der Waals surface area contributed by atoms with E-state index in [9.17, 15) is 4.79 Å². The first-order chi connectivity index (χ1) is 14.6. The maximum atomic E-state index is 12.5. The Bertz CT molecular complexity index is 855. The van der Waals surface area contributed by atoms with E-state index >= 15 is 0 Å². The van der Waals surface area contributed by atoms with Gasteiger partial charge in [-0.3, -0.25) is 10.1 Å². The van der Waals surface area contributed by atoms with Crippen molar-refractivity contribution in [2.24, 2.45) is 0 Å². The number of carbonyl (C=O) groups is 1. The molecule has 0 radical (unpaired) electrons. The third kappa shape index (κ3) is 5.01. The number of fused-ring (bicyclic) bond motifs is 1. The lowest BCUT2D eigenvalue weighted by molar-refractivity contribution is -0.120. The number of thioether (sulfide) groups is 1. The van der Waals surface area contributed by atoms with Crippen molar-refractivity contribution < 1.29 is 14.3 Å². The van der Waals surface area contributed by atoms with Crippen LogP contribution in [0.2, 0.25) is 0 Å². The molecule has 3 rings (SSSR count). The molecule has 0 unspecified atom stereocenters. The molecule has 4 nitrogen and oxygen atoms in total. The smallest absolute Gasteiger partial charge is 0.162 e. The van der Waals surface area contributed by atoms with Crippen LogP contribution in [0.1, 0.15) is 64.1 Å². The summed E-state index contributed by atoms with van der Waals surface area (Å²) in [4.78, 5) is 13.6. The highest BCUT2D eigenvalue weighted by Gasteiger charge is 2.37. The summed E-state index contributed by atoms with van der Waals surface area (Å²) >= 11 is 1.81. The average Bonchev–Trinajstić information content (AvgIpc) is 2.92. The molecular formula is C25H33NO3S. The van der Waals surface area contributed by atoms with Gasteiger partial charge in [-0.05, 0) is 43.5 Å². The Morgan fingerprint density at radius 1 is 1.07 bits per heavy atom. The van der Waals surface area contributed by atoms with Crippen molar-refractivity contribution in [3.63, 3.8) is 0 Å². The number of benzene rings is 2. The summed E-state index contributed by atoms with van der Waals surface area (Å²) < 4.78 is 11.8. The van der Waals surface area contributed by atoms with Gasteiger partial charge >= 0.3 is 0 Å². The van der Waals surface area contributed by atoms with Gasteiger partial charge in [-0.25, -0.2) is 0 Å². The normalized spacial score (nSPS) is 20.9. The zero-order valence-corrected chi connectivity index (χ0v) is 19.3. The lowest BCUT2D eigenvalue weighted by atomic mass is 9.87. The molecule has 1 aliphatic heterocycles. The maximum absolute atomic E-state index is 12.5. The Labute approximate surface area is 184 Å². The van der Waals surface area contributed by atoms with E-state index in [1.807, 2.05) is 38.6 Å². The number of hydrogen-bond acceptors (Lipinski definition) is 5. The minimum atomic E-state index is -0.255. The molecule has 1 N–H and O–H groups in total. The standard InChI is InChI=1S/C25H33NO3S/c1-5-19(27)16-25(6-2)17-30-23-15-22(29-8-4)21(28-7-3)14-20(23)24(26-25)18-12-10-9-11-13-18/h9-15,24,26H,5-8,16-17H2,1-4H3/t24-,25-/m0/s1. The van der Waals surface area contributed by atoms with Gasteiger partial charge in [0.15, 0.2) is 11.5 Å². The van der Waals surface area contributed by atoms with Gasteiger partial charge < -0.3 is 9.47 Å². The second kappa shape index (κ2) is 10.4. The number of ketones is 1. The van der Waals surface area contributed by atoms with Gasteiger partial charge in [0.2, 0.25) is 0 Å². The van der Waals surface area contributed by atoms with Crippen molar-refractivity contribution in [1.29, 1.82) is 0 Å². The Morgan fingerprint density at radius 3 is 2.33 bits per heavy atom. The highest BCUT2D eigenvalue weighted by molar-refractivity contribution is 7.99. The molecule has 0 amide bonds. The first kappa shape index (κ1) is 22.7. The van der Waals surface area contributed by atoms with Crippen molar-refractivity contribution >= 4 is 17.5 Å². The molecule has 2 atom stereocenters. The summed E-state index contributed by atoms with van der Waals surface area (Å²) in [6.45, 7) is 9.27. The molecule has 0 aromatic heterocycles. The summed E-state index contributed by atoms with van der Waals surface area (Å²) in [7, 11) is 0. The summed E-state index contributed by atoms with van der Waals surface area (Å²) in [6.07, 6.45) is 2.00. The fraction of sp³-hybridized carbons (Fsp3) is 0.480. The first-order valence-electron chi connectivity index (χ1n) is 11.0. The van der Waals surface area contributed by atoms with E-state index in [1.54, 1.807) is 0 Å². The molecule has 30 heavy (non-hydrogen) atoms. The number of ether oxygens (including phenoxy) is 2. The molecule has 1 aliphatic rings. The minimum Gasteiger partial charge on any atom is -0.490 e. The molecule has 0 saturated carbocycles. The van der Waals surface area contributed by atoms with Crippen LogP contribution >= 0.6 is 11.8 Å². The number of rotatable bonds is 9. The van der Waals surface area contributed by atoms with Crippen LogP contribution in [0.4, 0.5) is 0 Å². The lowest BCUT2D eigenvalue weighted by Gasteiger charge is -2.35. The van der Waals surface area contributed by atoms with Crippen LogP contribution in [0.3, 0.4) is 0 Å². The topological polar surface area (TPSA) is 47.6 Å². The highest BCUT2D eigenvalue weighted by atomic mass is 32.2. The number of hydrogen-bond donors (Lipinski definition) is 1. The van der Waals surface area contributed by atoms with E-state index in [-0.39, 0.29) is 11.6 Å². The van der Waals surface area contributed by atoms with Crippen LogP contribution in [0, 0.1) is 0 Å². The molecule has 2 aromatic carbocycles. The Kier molecular flexibility index (Phi) is 7.84. The maximum Gasteiger partial charge on any atom is 0.162 e. The fourth-order valence-corrected chi connectivity index (χ4v) is 5.28. The van der Waals surface area contributed by atoms with Crippen molar-refractivity contribution in [3.8, 4) is 11.5 Å². The fourth-order valence-electron chi connectivity index (χ4n) is 3.93. The predicted octanol–water partition coefficient (Wildman–Crippen LogP) is 5.79. The first-order valence-corrected chi connectivity index (χ1v) is 11.9. The predicted molar refractivity (Wildman–Crippen MR) is 124 cm³/mol. The monoisotopic (exact) mass is 427 g/mol. The van der Waals surface area contributed by atoms with Crippen molar-refractivity contribution in [2.75, 3.05) is 19.0 Å². The van der Waals surface area contributed by atoms with Crippen molar-refractivity contribution in [2.45, 2.75) is 63.4 Å². The van der Waals surface area contributed by atoms with Crippen molar-refractivity contribution in [1.82, 2.24) is 5.32 Å². The molecule has 5 heteroatoms. The Morgan fingerprint density at radius 2 is 1.73 bits per heavy atom. The SMILES string of the molecule is CCOc1cc2c(cc1OCC)[C@H](c1ccccc1)N[C@@](CC)(CC(=O)CC)CS2. The second-order valence-corrected chi connectivity index (χ2v) is 8.70. The third-order valence-electron chi connectivity index (χ3n) is 5.68. The van der Waals surface area contributed by atoms with Crippen molar-refractivity contribution in [3.05, 3.63) is 53.6 Å². The molecule has 162 valence electrons. The largest absolute Gasteiger partial charge is 0.490 e. The zero-order chi connectivity index (χ0) is 21.6. The van der Waals surface area contributed by atoms with Gasteiger partial charge in [-0.2, -0.15) is 0 Å². The zero-order valence-electron chi connectivity index (χ0n) is 18.5. The van der Waals surface area contributed by atoms with Crippen LogP contribution in [0.5, 0.6) is 11.5 Å². The van der Waals surface area contributed by atoms with Gasteiger partial charge in [-0.15, -0.1) is 11.8 Å². The van der Waals surface area contributed by atoms with E-state index in [1.165, 1.54) is 16.0 Å². The van der Waals surface area contributed by atoms with E-state index in [0.29, 0.717) is 31.8 Å². The van der Waals surface area contributed by atoms with E-state index in [4.69, 9.17) is 9.47 Å². The number of carbonyl (C=O) groups excluding carboxylic acids is 1. The molecule has 2 aromatic rings. The van der Waals surface area contributed by atoms with E-state index in [0.717, 1.165) is 23.7 Å². The van der Waals surface area contributed by atoms with Crippen LogP contribution in [-0.2, 0) is 4.79 Å². The van der Waals surface area contributed by atoms with E-state index < -0.39 is 0 Å². The van der Waals surface area contributed by atoms with Gasteiger partial charge in [0.05, 0.1) is 19.3 Å². The molecule has 0 spiro atoms. The third-order valence-corrected chi connectivity index (χ3v) is 7.04. The molecule has 1 heterocycles. The Hall–Kier alpha value is -1.98. The van der Waals surface area contributed by atoms with E-state index in [2.05, 4.69) is 48.6 Å². The number of Topliss-reactive ketones (excluding diaryl/α,β-unsaturated/α-hetero) is 1. The molecule has 0 fully saturated rings. The minimum absolute atomic E-state index is 0.0179. The summed E-state index contributed by atoms with van der Waals surface area (Å²) in [6, 6.07) is 14.7. The number of nitrogens with one attached hydrogen (secondary N) is 1. The van der Waals surface area contributed by atoms with Gasteiger partial charge in [-0.1, -0.05) is 44.2 Å². The van der Waals surface area contributed by atoms with Gasteiger partial charge in [0.1, 0.15) is 5.78 Å². The molecule has 0 saturated heterocycles. The molecule has 0 bridgehead atoms. The van der Waals surface area contributed by atoms with Crippen LogP contribution in [0.15, 0.2) is 47.4 Å². The van der Waals surface area contributed by atoms with Crippen LogP contribution < -0.4 is 14.8 Å². The summed E-state index contributed by atoms with van der Waals surface area (Å²) in [5.41, 5.74) is 2.11. The lowest BCUT2D eigenvalue weighted by Crippen LogP contribution is -2.49. The highest BCUT2D eigenvalue weighted by Crippen LogP contribution is 2.45. The molecule has 0 aliphatic carbocycles. The van der Waals surface area contributed by atoms with Crippen LogP contribution in [0.25, 0.3) is 0 Å². The Balaban J connectivity index is 2.12. The molecular weight excluding hydrogens is 394 g/mol. The van der Waals surface area contributed by atoms with Gasteiger partial charge in [0, 0.05) is 29.0 Å².